The zero-order chi connectivity index (χ0) is 13.1. The quantitative estimate of drug-likeness (QED) is 0.882. The molecule has 1 atom stereocenters. The largest absolute Gasteiger partial charge is 0.508 e. The summed E-state index contributed by atoms with van der Waals surface area (Å²) in [5.74, 6) is 0.113. The third-order valence-electron chi connectivity index (χ3n) is 2.63. The summed E-state index contributed by atoms with van der Waals surface area (Å²) in [5.41, 5.74) is 0.775. The first-order valence-corrected chi connectivity index (χ1v) is 5.39. The van der Waals surface area contributed by atoms with Gasteiger partial charge in [0.15, 0.2) is 0 Å². The third-order valence-corrected chi connectivity index (χ3v) is 2.63. The molecule has 1 N–H and O–H groups in total. The molecule has 0 amide bonds. The van der Waals surface area contributed by atoms with E-state index in [1.165, 1.54) is 24.1 Å². The highest BCUT2D eigenvalue weighted by Gasteiger charge is 2.31. The monoisotopic (exact) mass is 247 g/mol. The molecule has 5 heteroatoms. The fraction of sp³-hybridized carbons (Fsp3) is 0.500. The summed E-state index contributed by atoms with van der Waals surface area (Å²) in [6, 6.07) is 5.98. The Bertz CT molecular complexity index is 348. The van der Waals surface area contributed by atoms with Crippen LogP contribution in [-0.4, -0.2) is 29.8 Å². The number of hydrogen-bond acceptors (Lipinski definition) is 2. The molecule has 96 valence electrons. The number of nitrogens with zero attached hydrogens (tertiary/aromatic N) is 1. The molecular formula is C12H16F3NO. The topological polar surface area (TPSA) is 23.5 Å². The van der Waals surface area contributed by atoms with Crippen LogP contribution in [0.25, 0.3) is 0 Å². The molecule has 0 aliphatic carbocycles. The van der Waals surface area contributed by atoms with Crippen LogP contribution in [0.1, 0.15) is 24.9 Å². The number of aromatic hydroxyl groups is 1. The third kappa shape index (κ3) is 4.26. The summed E-state index contributed by atoms with van der Waals surface area (Å²) in [4.78, 5) is 1.27. The zero-order valence-electron chi connectivity index (χ0n) is 9.83. The zero-order valence-corrected chi connectivity index (χ0v) is 9.83. The number of rotatable bonds is 4. The maximum absolute atomic E-state index is 12.3. The summed E-state index contributed by atoms with van der Waals surface area (Å²) in [5, 5.41) is 9.14. The van der Waals surface area contributed by atoms with Crippen molar-refractivity contribution in [1.82, 2.24) is 4.90 Å². The highest BCUT2D eigenvalue weighted by molar-refractivity contribution is 5.28. The van der Waals surface area contributed by atoms with E-state index in [-0.39, 0.29) is 11.8 Å². The maximum atomic E-state index is 12.3. The van der Waals surface area contributed by atoms with Crippen molar-refractivity contribution in [3.8, 4) is 5.75 Å². The minimum absolute atomic E-state index is 0.113. The van der Waals surface area contributed by atoms with Gasteiger partial charge in [-0.3, -0.25) is 4.90 Å². The molecule has 1 aromatic carbocycles. The van der Waals surface area contributed by atoms with E-state index in [9.17, 15) is 13.2 Å². The van der Waals surface area contributed by atoms with Gasteiger partial charge in [0.2, 0.25) is 0 Å². The van der Waals surface area contributed by atoms with Crippen molar-refractivity contribution in [3.63, 3.8) is 0 Å². The van der Waals surface area contributed by atoms with Gasteiger partial charge in [0.1, 0.15) is 5.75 Å². The molecule has 17 heavy (non-hydrogen) atoms. The lowest BCUT2D eigenvalue weighted by Gasteiger charge is -2.28. The van der Waals surface area contributed by atoms with Gasteiger partial charge in [0, 0.05) is 6.04 Å². The summed E-state index contributed by atoms with van der Waals surface area (Å²) < 4.78 is 36.9. The van der Waals surface area contributed by atoms with Crippen molar-refractivity contribution in [2.45, 2.75) is 25.6 Å². The van der Waals surface area contributed by atoms with Crippen LogP contribution in [0.2, 0.25) is 0 Å². The van der Waals surface area contributed by atoms with E-state index in [4.69, 9.17) is 5.11 Å². The average molecular weight is 247 g/mol. The van der Waals surface area contributed by atoms with Crippen LogP contribution in [0, 0.1) is 0 Å². The Hall–Kier alpha value is -1.23. The number of benzene rings is 1. The number of halogens is 3. The van der Waals surface area contributed by atoms with Crippen molar-refractivity contribution in [1.29, 1.82) is 0 Å². The van der Waals surface area contributed by atoms with Gasteiger partial charge in [-0.25, -0.2) is 0 Å². The molecule has 0 saturated heterocycles. The van der Waals surface area contributed by atoms with Gasteiger partial charge < -0.3 is 5.11 Å². The minimum atomic E-state index is -4.20. The number of phenols is 1. The lowest BCUT2D eigenvalue weighted by molar-refractivity contribution is -0.147. The highest BCUT2D eigenvalue weighted by Crippen LogP contribution is 2.27. The first-order valence-electron chi connectivity index (χ1n) is 5.39. The molecule has 0 aliphatic heterocycles. The van der Waals surface area contributed by atoms with Crippen LogP contribution in [0.15, 0.2) is 24.3 Å². The fourth-order valence-electron chi connectivity index (χ4n) is 1.89. The van der Waals surface area contributed by atoms with E-state index >= 15 is 0 Å². The molecule has 0 saturated carbocycles. The molecule has 0 spiro atoms. The second-order valence-electron chi connectivity index (χ2n) is 4.05. The van der Waals surface area contributed by atoms with E-state index < -0.39 is 12.7 Å². The summed E-state index contributed by atoms with van der Waals surface area (Å²) in [7, 11) is 1.45. The Kier molecular flexibility index (Phi) is 4.40. The van der Waals surface area contributed by atoms with Crippen molar-refractivity contribution in [2.24, 2.45) is 0 Å². The lowest BCUT2D eigenvalue weighted by Crippen LogP contribution is -2.34. The smallest absolute Gasteiger partial charge is 0.401 e. The van der Waals surface area contributed by atoms with Crippen molar-refractivity contribution < 1.29 is 18.3 Å². The molecule has 0 radical (unpaired) electrons. The van der Waals surface area contributed by atoms with Gasteiger partial charge in [0.05, 0.1) is 6.54 Å². The Balaban J connectivity index is 2.80. The van der Waals surface area contributed by atoms with Gasteiger partial charge in [-0.2, -0.15) is 13.2 Å². The van der Waals surface area contributed by atoms with Gasteiger partial charge in [-0.15, -0.1) is 0 Å². The lowest BCUT2D eigenvalue weighted by atomic mass is 10.0. The Morgan fingerprint density at radius 2 is 1.76 bits per heavy atom. The number of alkyl halides is 3. The van der Waals surface area contributed by atoms with Crippen LogP contribution >= 0.6 is 0 Å². The molecule has 0 aliphatic rings. The Morgan fingerprint density at radius 3 is 2.18 bits per heavy atom. The van der Waals surface area contributed by atoms with Crippen LogP contribution in [-0.2, 0) is 0 Å². The Labute approximate surface area is 98.7 Å². The maximum Gasteiger partial charge on any atom is 0.401 e. The fourth-order valence-corrected chi connectivity index (χ4v) is 1.89. The van der Waals surface area contributed by atoms with Gasteiger partial charge in [0.25, 0.3) is 0 Å². The van der Waals surface area contributed by atoms with Crippen molar-refractivity contribution in [2.75, 3.05) is 13.6 Å². The van der Waals surface area contributed by atoms with Crippen LogP contribution in [0.5, 0.6) is 5.75 Å². The van der Waals surface area contributed by atoms with E-state index in [0.29, 0.717) is 6.42 Å². The molecule has 1 aromatic rings. The predicted octanol–water partition coefficient (Wildman–Crippen LogP) is 3.34. The first kappa shape index (κ1) is 13.8. The molecular weight excluding hydrogens is 231 g/mol. The van der Waals surface area contributed by atoms with Gasteiger partial charge >= 0.3 is 6.18 Å². The molecule has 0 bridgehead atoms. The van der Waals surface area contributed by atoms with Crippen LogP contribution in [0.3, 0.4) is 0 Å². The molecule has 0 fully saturated rings. The molecule has 0 aromatic heterocycles. The standard InChI is InChI=1S/C12H16F3NO/c1-3-11(16(2)8-12(13,14)15)9-4-6-10(17)7-5-9/h4-7,11,17H,3,8H2,1-2H3. The van der Waals surface area contributed by atoms with Gasteiger partial charge in [-0.1, -0.05) is 19.1 Å². The highest BCUT2D eigenvalue weighted by atomic mass is 19.4. The summed E-state index contributed by atoms with van der Waals surface area (Å²) in [6.07, 6.45) is -3.61. The summed E-state index contributed by atoms with van der Waals surface area (Å²) in [6.45, 7) is 0.900. The molecule has 2 nitrogen and oxygen atoms in total. The second kappa shape index (κ2) is 5.40. The molecule has 1 rings (SSSR count). The van der Waals surface area contributed by atoms with Gasteiger partial charge in [-0.05, 0) is 31.2 Å². The number of hydrogen-bond donors (Lipinski definition) is 1. The normalized spacial score (nSPS) is 14.0. The Morgan fingerprint density at radius 1 is 1.24 bits per heavy atom. The second-order valence-corrected chi connectivity index (χ2v) is 4.05. The van der Waals surface area contributed by atoms with E-state index in [1.807, 2.05) is 6.92 Å². The van der Waals surface area contributed by atoms with E-state index in [2.05, 4.69) is 0 Å². The molecule has 1 unspecified atom stereocenters. The van der Waals surface area contributed by atoms with Crippen molar-refractivity contribution in [3.05, 3.63) is 29.8 Å². The van der Waals surface area contributed by atoms with Crippen LogP contribution in [0.4, 0.5) is 13.2 Å². The average Bonchev–Trinajstić information content (AvgIpc) is 2.19. The van der Waals surface area contributed by atoms with E-state index in [1.54, 1.807) is 12.1 Å². The minimum Gasteiger partial charge on any atom is -0.508 e. The molecule has 0 heterocycles. The van der Waals surface area contributed by atoms with E-state index in [0.717, 1.165) is 5.56 Å². The number of phenolic OH excluding ortho intramolecular Hbond substituents is 1. The van der Waals surface area contributed by atoms with Crippen molar-refractivity contribution >= 4 is 0 Å². The summed E-state index contributed by atoms with van der Waals surface area (Å²) >= 11 is 0. The first-order chi connectivity index (χ1) is 7.83. The SMILES string of the molecule is CCC(c1ccc(O)cc1)N(C)CC(F)(F)F. The van der Waals surface area contributed by atoms with Crippen LogP contribution < -0.4 is 0 Å². The predicted molar refractivity (Wildman–Crippen MR) is 59.8 cm³/mol.